The van der Waals surface area contributed by atoms with Crippen molar-refractivity contribution in [2.45, 2.75) is 32.4 Å². The van der Waals surface area contributed by atoms with Crippen molar-refractivity contribution in [1.82, 2.24) is 5.32 Å². The van der Waals surface area contributed by atoms with E-state index in [1.807, 2.05) is 19.9 Å². The van der Waals surface area contributed by atoms with Gasteiger partial charge in [0.2, 0.25) is 0 Å². The summed E-state index contributed by atoms with van der Waals surface area (Å²) in [4.78, 5) is 0. The maximum absolute atomic E-state index is 13.0. The van der Waals surface area contributed by atoms with E-state index >= 15 is 0 Å². The fourth-order valence-corrected chi connectivity index (χ4v) is 1.53. The summed E-state index contributed by atoms with van der Waals surface area (Å²) in [5, 5.41) is 12.3. The molecule has 0 unspecified atom stereocenters. The lowest BCUT2D eigenvalue weighted by Crippen LogP contribution is -2.33. The molecule has 0 aliphatic rings. The van der Waals surface area contributed by atoms with Crippen LogP contribution in [0.2, 0.25) is 0 Å². The van der Waals surface area contributed by atoms with Gasteiger partial charge in [0.05, 0.1) is 6.61 Å². The third-order valence-electron chi connectivity index (χ3n) is 2.55. The first-order valence-corrected chi connectivity index (χ1v) is 5.29. The molecule has 0 aliphatic carbocycles. The van der Waals surface area contributed by atoms with E-state index in [9.17, 15) is 4.39 Å². The van der Waals surface area contributed by atoms with E-state index < -0.39 is 0 Å². The zero-order valence-corrected chi connectivity index (χ0v) is 9.20. The Hall–Kier alpha value is -0.930. The minimum absolute atomic E-state index is 0.0535. The molecule has 0 fully saturated rings. The second-order valence-electron chi connectivity index (χ2n) is 3.73. The van der Waals surface area contributed by atoms with E-state index in [1.54, 1.807) is 6.07 Å². The number of hydrogen-bond donors (Lipinski definition) is 2. The monoisotopic (exact) mass is 211 g/mol. The predicted octanol–water partition coefficient (Wildman–Crippen LogP) is 2.25. The summed E-state index contributed by atoms with van der Waals surface area (Å²) >= 11 is 0. The molecule has 0 aromatic heterocycles. The molecule has 0 saturated heterocycles. The van der Waals surface area contributed by atoms with Gasteiger partial charge in [0.1, 0.15) is 5.82 Å². The third kappa shape index (κ3) is 3.61. The normalized spacial score (nSPS) is 14.9. The van der Waals surface area contributed by atoms with Crippen molar-refractivity contribution in [1.29, 1.82) is 0 Å². The summed E-state index contributed by atoms with van der Waals surface area (Å²) < 4.78 is 13.0. The van der Waals surface area contributed by atoms with E-state index in [-0.39, 0.29) is 24.5 Å². The van der Waals surface area contributed by atoms with Crippen molar-refractivity contribution >= 4 is 0 Å². The van der Waals surface area contributed by atoms with Crippen LogP contribution in [0.4, 0.5) is 4.39 Å². The number of aliphatic hydroxyl groups is 1. The molecule has 84 valence electrons. The molecule has 0 spiro atoms. The van der Waals surface area contributed by atoms with E-state index in [1.165, 1.54) is 12.1 Å². The third-order valence-corrected chi connectivity index (χ3v) is 2.55. The molecule has 3 heteroatoms. The lowest BCUT2D eigenvalue weighted by atomic mass is 10.1. The van der Waals surface area contributed by atoms with Gasteiger partial charge in [-0.3, -0.25) is 0 Å². The first-order chi connectivity index (χ1) is 7.17. The predicted molar refractivity (Wildman–Crippen MR) is 59.1 cm³/mol. The van der Waals surface area contributed by atoms with Crippen molar-refractivity contribution in [3.8, 4) is 0 Å². The Morgan fingerprint density at radius 2 is 2.20 bits per heavy atom. The number of halogens is 1. The summed E-state index contributed by atoms with van der Waals surface area (Å²) in [6.45, 7) is 4.08. The van der Waals surface area contributed by atoms with Crippen molar-refractivity contribution in [2.24, 2.45) is 0 Å². The fourth-order valence-electron chi connectivity index (χ4n) is 1.53. The zero-order chi connectivity index (χ0) is 11.3. The Balaban J connectivity index is 2.64. The molecule has 0 amide bonds. The summed E-state index contributed by atoms with van der Waals surface area (Å²) in [5.41, 5.74) is 0.905. The molecule has 0 bridgehead atoms. The highest BCUT2D eigenvalue weighted by Gasteiger charge is 2.10. The van der Waals surface area contributed by atoms with Crippen LogP contribution in [0.15, 0.2) is 24.3 Å². The molecular weight excluding hydrogens is 193 g/mol. The van der Waals surface area contributed by atoms with Gasteiger partial charge in [-0.25, -0.2) is 4.39 Å². The highest BCUT2D eigenvalue weighted by atomic mass is 19.1. The molecule has 2 atom stereocenters. The van der Waals surface area contributed by atoms with Crippen LogP contribution in [-0.2, 0) is 0 Å². The molecule has 1 aromatic rings. The largest absolute Gasteiger partial charge is 0.395 e. The number of benzene rings is 1. The minimum atomic E-state index is -0.224. The Morgan fingerprint density at radius 1 is 1.47 bits per heavy atom. The Morgan fingerprint density at radius 3 is 2.73 bits per heavy atom. The Bertz CT molecular complexity index is 299. The Labute approximate surface area is 90.1 Å². The first-order valence-electron chi connectivity index (χ1n) is 5.29. The van der Waals surface area contributed by atoms with Crippen molar-refractivity contribution < 1.29 is 9.50 Å². The van der Waals surface area contributed by atoms with Crippen LogP contribution in [0.3, 0.4) is 0 Å². The first kappa shape index (κ1) is 12.1. The fraction of sp³-hybridized carbons (Fsp3) is 0.500. The van der Waals surface area contributed by atoms with Crippen LogP contribution >= 0.6 is 0 Å². The molecular formula is C12H18FNO. The molecule has 0 aliphatic heterocycles. The number of nitrogens with one attached hydrogen (secondary N) is 1. The lowest BCUT2D eigenvalue weighted by Gasteiger charge is -2.20. The zero-order valence-electron chi connectivity index (χ0n) is 9.20. The molecule has 0 heterocycles. The SMILES string of the molecule is CC[C@@H](CO)N[C@H](C)c1cccc(F)c1. The van der Waals surface area contributed by atoms with Crippen LogP contribution in [0, 0.1) is 5.82 Å². The summed E-state index contributed by atoms with van der Waals surface area (Å²) in [7, 11) is 0. The average molecular weight is 211 g/mol. The van der Waals surface area contributed by atoms with Crippen LogP contribution in [0.5, 0.6) is 0 Å². The Kier molecular flexibility index (Phi) is 4.72. The molecule has 1 rings (SSSR count). The van der Waals surface area contributed by atoms with Crippen molar-refractivity contribution in [3.63, 3.8) is 0 Å². The van der Waals surface area contributed by atoms with Gasteiger partial charge in [-0.05, 0) is 31.0 Å². The van der Waals surface area contributed by atoms with Gasteiger partial charge in [-0.2, -0.15) is 0 Å². The van der Waals surface area contributed by atoms with Crippen LogP contribution in [0.1, 0.15) is 31.9 Å². The van der Waals surface area contributed by atoms with Gasteiger partial charge < -0.3 is 10.4 Å². The molecule has 15 heavy (non-hydrogen) atoms. The molecule has 1 aromatic carbocycles. The molecule has 2 nitrogen and oxygen atoms in total. The topological polar surface area (TPSA) is 32.3 Å². The van der Waals surface area contributed by atoms with E-state index in [2.05, 4.69) is 5.32 Å². The van der Waals surface area contributed by atoms with Gasteiger partial charge in [0.25, 0.3) is 0 Å². The van der Waals surface area contributed by atoms with Crippen molar-refractivity contribution in [2.75, 3.05) is 6.61 Å². The van der Waals surface area contributed by atoms with Gasteiger partial charge >= 0.3 is 0 Å². The average Bonchev–Trinajstić information content (AvgIpc) is 2.25. The second-order valence-corrected chi connectivity index (χ2v) is 3.73. The highest BCUT2D eigenvalue weighted by molar-refractivity contribution is 5.19. The molecule has 0 radical (unpaired) electrons. The van der Waals surface area contributed by atoms with Gasteiger partial charge in [0.15, 0.2) is 0 Å². The van der Waals surface area contributed by atoms with Gasteiger partial charge in [-0.15, -0.1) is 0 Å². The molecule has 0 saturated carbocycles. The summed E-state index contributed by atoms with van der Waals surface area (Å²) in [6, 6.07) is 6.65. The maximum Gasteiger partial charge on any atom is 0.123 e. The lowest BCUT2D eigenvalue weighted by molar-refractivity contribution is 0.230. The van der Waals surface area contributed by atoms with Crippen LogP contribution in [-0.4, -0.2) is 17.8 Å². The standard InChI is InChI=1S/C12H18FNO/c1-3-12(8-15)14-9(2)10-5-4-6-11(13)7-10/h4-7,9,12,14-15H,3,8H2,1-2H3/t9-,12+/m1/s1. The minimum Gasteiger partial charge on any atom is -0.395 e. The van der Waals surface area contributed by atoms with E-state index in [0.717, 1.165) is 12.0 Å². The van der Waals surface area contributed by atoms with Gasteiger partial charge in [0, 0.05) is 12.1 Å². The molecule has 2 N–H and O–H groups in total. The highest BCUT2D eigenvalue weighted by Crippen LogP contribution is 2.14. The smallest absolute Gasteiger partial charge is 0.123 e. The number of aliphatic hydroxyl groups excluding tert-OH is 1. The van der Waals surface area contributed by atoms with Crippen molar-refractivity contribution in [3.05, 3.63) is 35.6 Å². The summed E-state index contributed by atoms with van der Waals surface area (Å²) in [5.74, 6) is -0.224. The van der Waals surface area contributed by atoms with E-state index in [4.69, 9.17) is 5.11 Å². The van der Waals surface area contributed by atoms with E-state index in [0.29, 0.717) is 0 Å². The van der Waals surface area contributed by atoms with Gasteiger partial charge in [-0.1, -0.05) is 19.1 Å². The maximum atomic E-state index is 13.0. The second kappa shape index (κ2) is 5.83. The quantitative estimate of drug-likeness (QED) is 0.783. The van der Waals surface area contributed by atoms with Crippen LogP contribution in [0.25, 0.3) is 0 Å². The number of rotatable bonds is 5. The summed E-state index contributed by atoms with van der Waals surface area (Å²) in [6.07, 6.45) is 0.857. The van der Waals surface area contributed by atoms with Crippen LogP contribution < -0.4 is 5.32 Å². The number of hydrogen-bond acceptors (Lipinski definition) is 2.